The maximum Gasteiger partial charge on any atom is 0.416 e. The molecule has 3 aromatic carbocycles. The first kappa shape index (κ1) is 59.6. The molecule has 13 nitrogen and oxygen atoms in total. The molecule has 6 aromatic rings. The normalized spacial score (nSPS) is 23.3. The van der Waals surface area contributed by atoms with Crippen molar-refractivity contribution in [3.05, 3.63) is 108 Å². The summed E-state index contributed by atoms with van der Waals surface area (Å²) in [4.78, 5) is 28.7. The fraction of sp³-hybridized carbons (Fsp3) is 0.446. The van der Waals surface area contributed by atoms with Gasteiger partial charge in [0.05, 0.1) is 23.9 Å². The SMILES string of the molecule is C[C@H]1CC[C@@H](C=O)N1c1ccc2c(C#N)nccc2c1.C[C@H]1CC[C@@H]([C@@H](O)C(F)(F)F)N1c1ccc2c(C#N)nccc2c1.C[C@H]1CC[C@@H]([C@H](O)C(F)(F)F)N1c1ccc2c(C#N)nccc2c1.C[SiH](C1CCCO1)C(F)(F)F. The lowest BCUT2D eigenvalue weighted by molar-refractivity contribution is -0.209. The highest BCUT2D eigenvalue weighted by Gasteiger charge is 2.50. The monoisotopic (exact) mass is 1120 g/mol. The van der Waals surface area contributed by atoms with Crippen LogP contribution in [0, 0.1) is 34.0 Å². The quantitative estimate of drug-likeness (QED) is 0.0874. The number of aldehydes is 1. The summed E-state index contributed by atoms with van der Waals surface area (Å²) in [7, 11) is -2.67. The molecule has 0 saturated carbocycles. The van der Waals surface area contributed by atoms with Crippen molar-refractivity contribution in [2.24, 2.45) is 0 Å². The fourth-order valence-corrected chi connectivity index (χ4v) is 12.6. The Morgan fingerprint density at radius 1 is 0.582 bits per heavy atom. The van der Waals surface area contributed by atoms with E-state index >= 15 is 0 Å². The minimum Gasteiger partial charge on any atom is -0.382 e. The van der Waals surface area contributed by atoms with E-state index in [0.29, 0.717) is 59.8 Å². The van der Waals surface area contributed by atoms with Crippen molar-refractivity contribution in [1.82, 2.24) is 15.0 Å². The van der Waals surface area contributed by atoms with Crippen LogP contribution < -0.4 is 14.7 Å². The number of carbonyl (C=O) groups is 1. The lowest BCUT2D eigenvalue weighted by Crippen LogP contribution is -2.48. The number of pyridine rings is 3. The molecule has 2 N–H and O–H groups in total. The van der Waals surface area contributed by atoms with Crippen molar-refractivity contribution < 1.29 is 59.3 Å². The predicted molar refractivity (Wildman–Crippen MR) is 282 cm³/mol. The molecule has 10 rings (SSSR count). The van der Waals surface area contributed by atoms with Crippen LogP contribution in [0.5, 0.6) is 0 Å². The molecule has 418 valence electrons. The van der Waals surface area contributed by atoms with Gasteiger partial charge in [0.15, 0.2) is 21.0 Å². The number of hydrogen-bond donors (Lipinski definition) is 2. The molecule has 0 amide bonds. The highest BCUT2D eigenvalue weighted by atomic mass is 28.3. The molecule has 4 aliphatic heterocycles. The van der Waals surface area contributed by atoms with Gasteiger partial charge in [-0.3, -0.25) is 0 Å². The first-order chi connectivity index (χ1) is 37.4. The Kier molecular flexibility index (Phi) is 18.8. The number of halogens is 9. The first-order valence-corrected chi connectivity index (χ1v) is 28.2. The summed E-state index contributed by atoms with van der Waals surface area (Å²) in [5, 5.41) is 51.3. The third kappa shape index (κ3) is 13.5. The number of rotatable bonds is 7. The van der Waals surface area contributed by atoms with Crippen LogP contribution in [0.1, 0.15) is 89.2 Å². The van der Waals surface area contributed by atoms with Gasteiger partial charge in [-0.1, -0.05) is 6.55 Å². The van der Waals surface area contributed by atoms with E-state index in [2.05, 4.69) is 32.8 Å². The van der Waals surface area contributed by atoms with E-state index in [0.717, 1.165) is 52.8 Å². The van der Waals surface area contributed by atoms with Gasteiger partial charge in [-0.05, 0) is 161 Å². The highest BCUT2D eigenvalue weighted by Crippen LogP contribution is 2.40. The molecule has 0 aliphatic carbocycles. The number of fused-ring (bicyclic) bond motifs is 3. The molecular weight excluding hydrogens is 1060 g/mol. The van der Waals surface area contributed by atoms with Gasteiger partial charge >= 0.3 is 18.2 Å². The Morgan fingerprint density at radius 2 is 0.949 bits per heavy atom. The number of nitrogens with zero attached hydrogens (tertiary/aromatic N) is 9. The van der Waals surface area contributed by atoms with Crippen LogP contribution >= 0.6 is 0 Å². The predicted octanol–water partition coefficient (Wildman–Crippen LogP) is 11.1. The number of benzene rings is 3. The van der Waals surface area contributed by atoms with Crippen LogP contribution in [-0.4, -0.2) is 119 Å². The summed E-state index contributed by atoms with van der Waals surface area (Å²) in [6.45, 7) is 7.66. The molecule has 0 bridgehead atoms. The topological polar surface area (TPSA) is 187 Å². The van der Waals surface area contributed by atoms with Gasteiger partial charge in [-0.15, -0.1) is 0 Å². The van der Waals surface area contributed by atoms with Crippen LogP contribution in [0.4, 0.5) is 56.6 Å². The van der Waals surface area contributed by atoms with E-state index in [1.54, 1.807) is 64.5 Å². The van der Waals surface area contributed by atoms with Gasteiger partial charge in [-0.25, -0.2) is 15.0 Å². The summed E-state index contributed by atoms with van der Waals surface area (Å²) in [5.74, 6) is -3.96. The van der Waals surface area contributed by atoms with Crippen molar-refractivity contribution in [3.63, 3.8) is 0 Å². The van der Waals surface area contributed by atoms with Gasteiger partial charge < -0.3 is 34.4 Å². The number of alkyl halides is 9. The Hall–Kier alpha value is -7.10. The van der Waals surface area contributed by atoms with Gasteiger partial charge in [-0.2, -0.15) is 55.3 Å². The average Bonchev–Trinajstić information content (AvgIpc) is 4.39. The summed E-state index contributed by atoms with van der Waals surface area (Å²) in [5.41, 5.74) is 2.78. The van der Waals surface area contributed by atoms with Crippen LogP contribution in [0.15, 0.2) is 91.4 Å². The molecule has 79 heavy (non-hydrogen) atoms. The molecule has 0 radical (unpaired) electrons. The third-order valence-electron chi connectivity index (χ3n) is 15.2. The molecule has 23 heteroatoms. The van der Waals surface area contributed by atoms with Crippen molar-refractivity contribution in [2.45, 2.75) is 151 Å². The summed E-state index contributed by atoms with van der Waals surface area (Å²) < 4.78 is 119. The number of carbonyl (C=O) groups excluding carboxylic acids is 1. The zero-order valence-electron chi connectivity index (χ0n) is 43.5. The van der Waals surface area contributed by atoms with Crippen LogP contribution in [0.3, 0.4) is 0 Å². The second-order valence-electron chi connectivity index (χ2n) is 20.2. The van der Waals surface area contributed by atoms with Gasteiger partial charge in [0.1, 0.15) is 41.6 Å². The molecule has 0 spiro atoms. The number of anilines is 3. The molecule has 3 aromatic heterocycles. The number of aliphatic hydroxyl groups is 2. The van der Waals surface area contributed by atoms with E-state index in [1.807, 2.05) is 50.3 Å². The van der Waals surface area contributed by atoms with E-state index < -0.39 is 57.0 Å². The Bertz CT molecular complexity index is 3100. The maximum absolute atomic E-state index is 12.9. The van der Waals surface area contributed by atoms with Crippen LogP contribution in [0.25, 0.3) is 32.3 Å². The zero-order valence-corrected chi connectivity index (χ0v) is 44.7. The van der Waals surface area contributed by atoms with Crippen molar-refractivity contribution in [1.29, 1.82) is 15.8 Å². The third-order valence-corrected chi connectivity index (χ3v) is 17.9. The minimum absolute atomic E-state index is 0.0419. The molecule has 10 atom stereocenters. The molecule has 4 aliphatic rings. The van der Waals surface area contributed by atoms with Crippen molar-refractivity contribution >= 4 is 64.5 Å². The number of nitriles is 3. The number of aromatic nitrogens is 3. The van der Waals surface area contributed by atoms with Crippen molar-refractivity contribution in [3.8, 4) is 18.2 Å². The van der Waals surface area contributed by atoms with Gasteiger partial charge in [0.25, 0.3) is 0 Å². The Morgan fingerprint density at radius 3 is 1.28 bits per heavy atom. The lowest BCUT2D eigenvalue weighted by Gasteiger charge is -2.34. The standard InChI is InChI=1S/2C17H16F3N3O.C16H15N3O.C6H11F3OSi/c2*1-10-2-5-15(16(24)17(18,19)20)23(10)12-3-4-13-11(8-12)6-7-22-14(13)9-21;1-11-2-3-14(10-20)19(11)13-4-5-15-12(8-13)6-7-18-16(15)9-17;1-11(6(7,8)9)5-3-2-4-10-5/h2*3-4,6-8,10,15-16,24H,2,5H2,1H3;4-8,10-11,14H,2-3H2,1H3;5,11H,2-4H2,1H3/t10-,15-,16+;10-,15-,16-;11-,14-;/m000./s1. The number of hydrogen-bond acceptors (Lipinski definition) is 13. The molecular formula is C56H58F9N9O4Si. The van der Waals surface area contributed by atoms with Gasteiger partial charge in [0, 0.05) is 76.5 Å². The summed E-state index contributed by atoms with van der Waals surface area (Å²) in [6.07, 6.45) is -3.35. The summed E-state index contributed by atoms with van der Waals surface area (Å²) >= 11 is 0. The van der Waals surface area contributed by atoms with E-state index in [1.165, 1.54) is 18.9 Å². The van der Waals surface area contributed by atoms with E-state index in [4.69, 9.17) is 20.5 Å². The van der Waals surface area contributed by atoms with E-state index in [-0.39, 0.29) is 42.4 Å². The molecule has 4 saturated heterocycles. The second-order valence-corrected chi connectivity index (χ2v) is 23.2. The lowest BCUT2D eigenvalue weighted by atomic mass is 10.1. The second kappa shape index (κ2) is 24.9. The van der Waals surface area contributed by atoms with Gasteiger partial charge in [0.2, 0.25) is 0 Å². The van der Waals surface area contributed by atoms with E-state index in [9.17, 15) is 54.5 Å². The van der Waals surface area contributed by atoms with Crippen molar-refractivity contribution in [2.75, 3.05) is 21.3 Å². The number of aliphatic hydroxyl groups excluding tert-OH is 2. The first-order valence-electron chi connectivity index (χ1n) is 25.8. The molecule has 7 heterocycles. The minimum atomic E-state index is -4.65. The fourth-order valence-electron chi connectivity index (χ4n) is 11.0. The van der Waals surface area contributed by atoms with Crippen LogP contribution in [0.2, 0.25) is 6.55 Å². The number of ether oxygens (including phenoxy) is 1. The zero-order chi connectivity index (χ0) is 57.6. The largest absolute Gasteiger partial charge is 0.416 e. The molecule has 4 fully saturated rings. The Balaban J connectivity index is 0.000000157. The average molecular weight is 1120 g/mol. The maximum atomic E-state index is 12.9. The molecule has 2 unspecified atom stereocenters. The summed E-state index contributed by atoms with van der Waals surface area (Å²) in [6, 6.07) is 25.7. The smallest absolute Gasteiger partial charge is 0.382 e. The van der Waals surface area contributed by atoms with Crippen LogP contribution in [-0.2, 0) is 9.53 Å². The highest BCUT2D eigenvalue weighted by molar-refractivity contribution is 6.60. The Labute approximate surface area is 452 Å².